The molecular formula is C8H14N4S. The zero-order valence-corrected chi connectivity index (χ0v) is 8.50. The highest BCUT2D eigenvalue weighted by molar-refractivity contribution is 7.99. The minimum Gasteiger partial charge on any atom is -0.327 e. The van der Waals surface area contributed by atoms with Crippen LogP contribution in [0.1, 0.15) is 19.3 Å². The Bertz CT molecular complexity index is 285. The molecular weight excluding hydrogens is 184 g/mol. The van der Waals surface area contributed by atoms with E-state index in [9.17, 15) is 0 Å². The maximum Gasteiger partial charge on any atom is 0.186 e. The van der Waals surface area contributed by atoms with E-state index in [0.717, 1.165) is 11.6 Å². The molecule has 0 saturated heterocycles. The van der Waals surface area contributed by atoms with E-state index in [1.807, 2.05) is 7.05 Å². The van der Waals surface area contributed by atoms with E-state index in [-0.39, 0.29) is 0 Å². The van der Waals surface area contributed by atoms with Gasteiger partial charge >= 0.3 is 0 Å². The lowest BCUT2D eigenvalue weighted by atomic mass is 10.3. The van der Waals surface area contributed by atoms with Crippen molar-refractivity contribution >= 4 is 11.8 Å². The van der Waals surface area contributed by atoms with Crippen LogP contribution in [-0.2, 0) is 7.05 Å². The van der Waals surface area contributed by atoms with E-state index in [4.69, 9.17) is 5.73 Å². The van der Waals surface area contributed by atoms with E-state index in [2.05, 4.69) is 10.1 Å². The van der Waals surface area contributed by atoms with Crippen LogP contribution in [0.2, 0.25) is 0 Å². The molecule has 1 saturated carbocycles. The molecule has 0 bridgehead atoms. The van der Waals surface area contributed by atoms with Crippen LogP contribution in [0.15, 0.2) is 11.5 Å². The highest BCUT2D eigenvalue weighted by Crippen LogP contribution is 2.32. The summed E-state index contributed by atoms with van der Waals surface area (Å²) in [4.78, 5) is 4.17. The minimum atomic E-state index is 0.335. The van der Waals surface area contributed by atoms with Gasteiger partial charge < -0.3 is 5.73 Å². The van der Waals surface area contributed by atoms with Crippen LogP contribution in [0.5, 0.6) is 0 Å². The lowest BCUT2D eigenvalue weighted by molar-refractivity contribution is 0.673. The zero-order chi connectivity index (χ0) is 9.26. The normalized spacial score (nSPS) is 28.2. The SMILES string of the molecule is Cn1ncnc1SC1CCCC1N. The summed E-state index contributed by atoms with van der Waals surface area (Å²) in [5.41, 5.74) is 5.97. The van der Waals surface area contributed by atoms with Crippen LogP contribution in [-0.4, -0.2) is 26.1 Å². The van der Waals surface area contributed by atoms with Crippen LogP contribution < -0.4 is 5.73 Å². The first-order valence-electron chi connectivity index (χ1n) is 4.53. The fraction of sp³-hybridized carbons (Fsp3) is 0.750. The van der Waals surface area contributed by atoms with Crippen molar-refractivity contribution in [2.45, 2.75) is 35.7 Å². The number of aryl methyl sites for hydroxylation is 1. The average molecular weight is 198 g/mol. The fourth-order valence-electron chi connectivity index (χ4n) is 1.63. The first-order chi connectivity index (χ1) is 6.27. The monoisotopic (exact) mass is 198 g/mol. The number of hydrogen-bond donors (Lipinski definition) is 1. The Labute approximate surface area is 81.9 Å². The molecule has 2 rings (SSSR count). The van der Waals surface area contributed by atoms with Crippen LogP contribution in [0.3, 0.4) is 0 Å². The molecule has 4 nitrogen and oxygen atoms in total. The predicted octanol–water partition coefficient (Wildman–Crippen LogP) is 0.787. The van der Waals surface area contributed by atoms with Crippen molar-refractivity contribution in [1.82, 2.24) is 14.8 Å². The summed E-state index contributed by atoms with van der Waals surface area (Å²) in [7, 11) is 1.91. The van der Waals surface area contributed by atoms with E-state index in [1.165, 1.54) is 12.8 Å². The minimum absolute atomic E-state index is 0.335. The summed E-state index contributed by atoms with van der Waals surface area (Å²) in [6.45, 7) is 0. The van der Waals surface area contributed by atoms with Gasteiger partial charge in [0.15, 0.2) is 5.16 Å². The summed E-state index contributed by atoms with van der Waals surface area (Å²) in [6, 6.07) is 0.335. The molecule has 1 aliphatic rings. The second kappa shape index (κ2) is 3.67. The van der Waals surface area contributed by atoms with Crippen molar-refractivity contribution in [1.29, 1.82) is 0 Å². The van der Waals surface area contributed by atoms with Gasteiger partial charge in [0.05, 0.1) is 0 Å². The average Bonchev–Trinajstić information content (AvgIpc) is 2.65. The Hall–Kier alpha value is -0.550. The van der Waals surface area contributed by atoms with Gasteiger partial charge in [0.2, 0.25) is 0 Å². The second-order valence-electron chi connectivity index (χ2n) is 3.42. The van der Waals surface area contributed by atoms with Crippen LogP contribution in [0.4, 0.5) is 0 Å². The van der Waals surface area contributed by atoms with Gasteiger partial charge in [-0.1, -0.05) is 18.2 Å². The molecule has 5 heteroatoms. The Kier molecular flexibility index (Phi) is 2.55. The third kappa shape index (κ3) is 1.86. The number of nitrogens with two attached hydrogens (primary N) is 1. The van der Waals surface area contributed by atoms with Crippen LogP contribution in [0.25, 0.3) is 0 Å². The van der Waals surface area contributed by atoms with Crippen molar-refractivity contribution in [3.05, 3.63) is 6.33 Å². The van der Waals surface area contributed by atoms with Gasteiger partial charge in [-0.3, -0.25) is 0 Å². The molecule has 0 amide bonds. The standard InChI is InChI=1S/C8H14N4S/c1-12-8(10-5-11-12)13-7-4-2-3-6(7)9/h5-7H,2-4,9H2,1H3. The molecule has 1 fully saturated rings. The van der Waals surface area contributed by atoms with E-state index >= 15 is 0 Å². The molecule has 1 aromatic rings. The number of rotatable bonds is 2. The smallest absolute Gasteiger partial charge is 0.186 e. The Morgan fingerprint density at radius 1 is 1.62 bits per heavy atom. The lowest BCUT2D eigenvalue weighted by Gasteiger charge is -2.13. The highest BCUT2D eigenvalue weighted by Gasteiger charge is 2.25. The zero-order valence-electron chi connectivity index (χ0n) is 7.68. The molecule has 2 N–H and O–H groups in total. The van der Waals surface area contributed by atoms with Crippen molar-refractivity contribution in [2.75, 3.05) is 0 Å². The second-order valence-corrected chi connectivity index (χ2v) is 4.62. The molecule has 72 valence electrons. The topological polar surface area (TPSA) is 56.7 Å². The number of hydrogen-bond acceptors (Lipinski definition) is 4. The maximum absolute atomic E-state index is 5.97. The summed E-state index contributed by atoms with van der Waals surface area (Å²) < 4.78 is 1.80. The van der Waals surface area contributed by atoms with E-state index < -0.39 is 0 Å². The molecule has 1 aromatic heterocycles. The third-order valence-electron chi connectivity index (χ3n) is 2.43. The Balaban J connectivity index is 2.01. The van der Waals surface area contributed by atoms with Gasteiger partial charge in [-0.05, 0) is 12.8 Å². The third-order valence-corrected chi connectivity index (χ3v) is 3.90. The fourth-order valence-corrected chi connectivity index (χ4v) is 2.80. The molecule has 2 unspecified atom stereocenters. The van der Waals surface area contributed by atoms with Crippen molar-refractivity contribution < 1.29 is 0 Å². The van der Waals surface area contributed by atoms with E-state index in [1.54, 1.807) is 22.8 Å². The summed E-state index contributed by atoms with van der Waals surface area (Å²) in [5.74, 6) is 0. The lowest BCUT2D eigenvalue weighted by Crippen LogP contribution is -2.26. The summed E-state index contributed by atoms with van der Waals surface area (Å²) in [5, 5.41) is 5.53. The number of thioether (sulfide) groups is 1. The van der Waals surface area contributed by atoms with Gasteiger partial charge in [-0.15, -0.1) is 0 Å². The van der Waals surface area contributed by atoms with E-state index in [0.29, 0.717) is 11.3 Å². The van der Waals surface area contributed by atoms with Crippen molar-refractivity contribution in [3.63, 3.8) is 0 Å². The maximum atomic E-state index is 5.97. The molecule has 1 aliphatic carbocycles. The predicted molar refractivity (Wildman–Crippen MR) is 52.5 cm³/mol. The molecule has 1 heterocycles. The molecule has 0 radical (unpaired) electrons. The number of aromatic nitrogens is 3. The Morgan fingerprint density at radius 3 is 3.00 bits per heavy atom. The molecule has 0 spiro atoms. The van der Waals surface area contributed by atoms with Gasteiger partial charge in [0.25, 0.3) is 0 Å². The molecule has 2 atom stereocenters. The van der Waals surface area contributed by atoms with Crippen LogP contribution >= 0.6 is 11.8 Å². The molecule has 13 heavy (non-hydrogen) atoms. The van der Waals surface area contributed by atoms with Gasteiger partial charge in [-0.2, -0.15) is 5.10 Å². The summed E-state index contributed by atoms with van der Waals surface area (Å²) >= 11 is 1.76. The largest absolute Gasteiger partial charge is 0.327 e. The van der Waals surface area contributed by atoms with Gasteiger partial charge in [0.1, 0.15) is 6.33 Å². The van der Waals surface area contributed by atoms with Crippen molar-refractivity contribution in [3.8, 4) is 0 Å². The van der Waals surface area contributed by atoms with Gasteiger partial charge in [-0.25, -0.2) is 9.67 Å². The van der Waals surface area contributed by atoms with Gasteiger partial charge in [0, 0.05) is 18.3 Å². The first-order valence-corrected chi connectivity index (χ1v) is 5.41. The Morgan fingerprint density at radius 2 is 2.46 bits per heavy atom. The quantitative estimate of drug-likeness (QED) is 0.763. The van der Waals surface area contributed by atoms with Crippen molar-refractivity contribution in [2.24, 2.45) is 12.8 Å². The summed E-state index contributed by atoms with van der Waals surface area (Å²) in [6.07, 6.45) is 5.19. The molecule has 0 aromatic carbocycles. The first kappa shape index (κ1) is 9.02. The van der Waals surface area contributed by atoms with Crippen LogP contribution in [0, 0.1) is 0 Å². The molecule has 0 aliphatic heterocycles. The highest BCUT2D eigenvalue weighted by atomic mass is 32.2. The number of nitrogens with zero attached hydrogens (tertiary/aromatic N) is 3.